The Kier molecular flexibility index (Phi) is 3.78. The van der Waals surface area contributed by atoms with Crippen LogP contribution in [0.15, 0.2) is 17.0 Å². The number of hydrogen-bond acceptors (Lipinski definition) is 3. The highest BCUT2D eigenvalue weighted by Crippen LogP contribution is 2.22. The molecule has 0 heterocycles. The Bertz CT molecular complexity index is 569. The third-order valence-electron chi connectivity index (χ3n) is 2.15. The van der Waals surface area contributed by atoms with Gasteiger partial charge in [0.1, 0.15) is 5.82 Å². The lowest BCUT2D eigenvalue weighted by molar-refractivity contribution is 0.0822. The average molecular weight is 280 g/mol. The zero-order valence-corrected chi connectivity index (χ0v) is 11.1. The highest BCUT2D eigenvalue weighted by atomic mass is 35.7. The van der Waals surface area contributed by atoms with Crippen LogP contribution in [0.25, 0.3) is 0 Å². The van der Waals surface area contributed by atoms with Gasteiger partial charge in [0.2, 0.25) is 0 Å². The van der Waals surface area contributed by atoms with E-state index in [1.165, 1.54) is 21.0 Å². The van der Waals surface area contributed by atoms with Gasteiger partial charge in [0, 0.05) is 24.8 Å². The van der Waals surface area contributed by atoms with Crippen molar-refractivity contribution in [3.05, 3.63) is 29.1 Å². The average Bonchev–Trinajstić information content (AvgIpc) is 2.19. The molecule has 17 heavy (non-hydrogen) atoms. The zero-order chi connectivity index (χ0) is 13.4. The van der Waals surface area contributed by atoms with E-state index in [0.29, 0.717) is 0 Å². The minimum absolute atomic E-state index is 0.0527. The molecule has 0 spiro atoms. The molecule has 4 nitrogen and oxygen atoms in total. The van der Waals surface area contributed by atoms with E-state index in [2.05, 4.69) is 0 Å². The second kappa shape index (κ2) is 4.62. The molecule has 0 saturated carbocycles. The third-order valence-corrected chi connectivity index (χ3v) is 3.48. The van der Waals surface area contributed by atoms with Gasteiger partial charge in [0.15, 0.2) is 0 Å². The van der Waals surface area contributed by atoms with Crippen LogP contribution in [0.3, 0.4) is 0 Å². The number of aryl methyl sites for hydroxylation is 1. The third kappa shape index (κ3) is 2.95. The lowest BCUT2D eigenvalue weighted by Gasteiger charge is -2.12. The summed E-state index contributed by atoms with van der Waals surface area (Å²) in [6, 6.07) is 2.02. The molecule has 0 fully saturated rings. The van der Waals surface area contributed by atoms with Gasteiger partial charge < -0.3 is 4.90 Å². The summed E-state index contributed by atoms with van der Waals surface area (Å²) in [5.41, 5.74) is -0.258. The number of benzene rings is 1. The van der Waals surface area contributed by atoms with Crippen molar-refractivity contribution in [3.8, 4) is 0 Å². The van der Waals surface area contributed by atoms with E-state index in [1.54, 1.807) is 0 Å². The molecule has 0 radical (unpaired) electrons. The highest BCUT2D eigenvalue weighted by Gasteiger charge is 2.20. The normalized spacial score (nSPS) is 11.4. The van der Waals surface area contributed by atoms with Gasteiger partial charge in [-0.15, -0.1) is 0 Å². The maximum atomic E-state index is 13.7. The summed E-state index contributed by atoms with van der Waals surface area (Å²) in [6.45, 7) is 1.37. The van der Waals surface area contributed by atoms with Gasteiger partial charge in [-0.1, -0.05) is 0 Å². The molecule has 0 N–H and O–H groups in total. The smallest absolute Gasteiger partial charge is 0.261 e. The topological polar surface area (TPSA) is 54.5 Å². The Morgan fingerprint density at radius 3 is 2.29 bits per heavy atom. The van der Waals surface area contributed by atoms with Crippen LogP contribution in [0.2, 0.25) is 0 Å². The summed E-state index contributed by atoms with van der Waals surface area (Å²) in [4.78, 5) is 12.5. The first-order valence-electron chi connectivity index (χ1n) is 4.61. The van der Waals surface area contributed by atoms with E-state index >= 15 is 0 Å². The number of carbonyl (C=O) groups excluding carboxylic acids is 1. The van der Waals surface area contributed by atoms with Crippen LogP contribution in [-0.2, 0) is 9.05 Å². The molecule has 0 aliphatic heterocycles. The first-order valence-corrected chi connectivity index (χ1v) is 6.92. The molecule has 0 aromatic heterocycles. The Labute approximate surface area is 103 Å². The summed E-state index contributed by atoms with van der Waals surface area (Å²) in [6.07, 6.45) is 0. The van der Waals surface area contributed by atoms with Crippen molar-refractivity contribution in [2.45, 2.75) is 11.8 Å². The lowest BCUT2D eigenvalue weighted by Crippen LogP contribution is -2.23. The Hall–Kier alpha value is -1.14. The Morgan fingerprint density at radius 2 is 1.88 bits per heavy atom. The quantitative estimate of drug-likeness (QED) is 0.775. The molecule has 94 valence electrons. The molecule has 0 aliphatic carbocycles. The van der Waals surface area contributed by atoms with Gasteiger partial charge >= 0.3 is 0 Å². The second-order valence-electron chi connectivity index (χ2n) is 3.74. The van der Waals surface area contributed by atoms with Gasteiger partial charge in [-0.25, -0.2) is 12.8 Å². The number of rotatable bonds is 2. The SMILES string of the molecule is Cc1cc(S(=O)(=O)Cl)cc(C(=O)N(C)C)c1F. The van der Waals surface area contributed by atoms with E-state index in [0.717, 1.165) is 17.0 Å². The van der Waals surface area contributed by atoms with Crippen molar-refractivity contribution in [2.75, 3.05) is 14.1 Å². The van der Waals surface area contributed by atoms with Gasteiger partial charge in [-0.2, -0.15) is 0 Å². The van der Waals surface area contributed by atoms with Gasteiger partial charge in [0.25, 0.3) is 15.0 Å². The van der Waals surface area contributed by atoms with E-state index in [9.17, 15) is 17.6 Å². The summed E-state index contributed by atoms with van der Waals surface area (Å²) < 4.78 is 36.0. The van der Waals surface area contributed by atoms with Crippen LogP contribution in [-0.4, -0.2) is 33.3 Å². The van der Waals surface area contributed by atoms with Crippen molar-refractivity contribution < 1.29 is 17.6 Å². The monoisotopic (exact) mass is 279 g/mol. The van der Waals surface area contributed by atoms with Crippen molar-refractivity contribution >= 4 is 25.6 Å². The van der Waals surface area contributed by atoms with Gasteiger partial charge in [-0.05, 0) is 24.6 Å². The molecule has 1 aromatic carbocycles. The fraction of sp³-hybridized carbons (Fsp3) is 0.300. The largest absolute Gasteiger partial charge is 0.345 e. The van der Waals surface area contributed by atoms with E-state index < -0.39 is 20.8 Å². The van der Waals surface area contributed by atoms with Crippen LogP contribution in [0, 0.1) is 12.7 Å². The molecule has 0 saturated heterocycles. The Balaban J connectivity index is 3.51. The number of nitrogens with zero attached hydrogens (tertiary/aromatic N) is 1. The lowest BCUT2D eigenvalue weighted by atomic mass is 10.1. The van der Waals surface area contributed by atoms with Crippen LogP contribution >= 0.6 is 10.7 Å². The standard InChI is InChI=1S/C10H11ClFNO3S/c1-6-4-7(17(11,15)16)5-8(9(6)12)10(14)13(2)3/h4-5H,1-3H3. The second-order valence-corrected chi connectivity index (χ2v) is 6.31. The molecule has 1 rings (SSSR count). The van der Waals surface area contributed by atoms with Crippen LogP contribution in [0.1, 0.15) is 15.9 Å². The van der Waals surface area contributed by atoms with Gasteiger partial charge in [-0.3, -0.25) is 4.79 Å². The van der Waals surface area contributed by atoms with Gasteiger partial charge in [0.05, 0.1) is 10.5 Å². The first-order chi connectivity index (χ1) is 7.64. The number of hydrogen-bond donors (Lipinski definition) is 0. The number of amides is 1. The molecule has 0 aliphatic rings. The van der Waals surface area contributed by atoms with Crippen LogP contribution < -0.4 is 0 Å². The molecule has 0 bridgehead atoms. The first kappa shape index (κ1) is 13.9. The van der Waals surface area contributed by atoms with E-state index in [-0.39, 0.29) is 16.0 Å². The summed E-state index contributed by atoms with van der Waals surface area (Å²) in [5, 5.41) is 0. The maximum absolute atomic E-state index is 13.7. The fourth-order valence-electron chi connectivity index (χ4n) is 1.27. The maximum Gasteiger partial charge on any atom is 0.261 e. The predicted octanol–water partition coefficient (Wildman–Crippen LogP) is 1.76. The van der Waals surface area contributed by atoms with Crippen LogP contribution in [0.5, 0.6) is 0 Å². The summed E-state index contributed by atoms with van der Waals surface area (Å²) >= 11 is 0. The summed E-state index contributed by atoms with van der Waals surface area (Å²) in [5.74, 6) is -1.36. The predicted molar refractivity (Wildman–Crippen MR) is 62.2 cm³/mol. The van der Waals surface area contributed by atoms with Crippen molar-refractivity contribution in [2.24, 2.45) is 0 Å². The van der Waals surface area contributed by atoms with Crippen molar-refractivity contribution in [3.63, 3.8) is 0 Å². The molecule has 0 atom stereocenters. The molecule has 1 amide bonds. The minimum atomic E-state index is -3.99. The van der Waals surface area contributed by atoms with E-state index in [4.69, 9.17) is 10.7 Å². The molecule has 7 heteroatoms. The van der Waals surface area contributed by atoms with Crippen LogP contribution in [0.4, 0.5) is 4.39 Å². The molecular weight excluding hydrogens is 269 g/mol. The molecule has 0 unspecified atom stereocenters. The molecular formula is C10H11ClFNO3S. The molecule has 1 aromatic rings. The van der Waals surface area contributed by atoms with Crippen molar-refractivity contribution in [1.82, 2.24) is 4.90 Å². The highest BCUT2D eigenvalue weighted by molar-refractivity contribution is 8.13. The van der Waals surface area contributed by atoms with Crippen molar-refractivity contribution in [1.29, 1.82) is 0 Å². The number of halogens is 2. The minimum Gasteiger partial charge on any atom is -0.345 e. The summed E-state index contributed by atoms with van der Waals surface area (Å²) in [7, 11) is 4.06. The zero-order valence-electron chi connectivity index (χ0n) is 9.49. The fourth-order valence-corrected chi connectivity index (χ4v) is 2.12. The van der Waals surface area contributed by atoms with E-state index in [1.807, 2.05) is 0 Å². The Morgan fingerprint density at radius 1 is 1.35 bits per heavy atom. The number of carbonyl (C=O) groups is 1.